The zero-order chi connectivity index (χ0) is 26.4. The van der Waals surface area contributed by atoms with E-state index in [1.54, 1.807) is 24.3 Å². The molecule has 4 rings (SSSR count). The minimum absolute atomic E-state index is 0.0334. The Kier molecular flexibility index (Phi) is 6.52. The first kappa shape index (κ1) is 25.6. The number of pyridine rings is 1. The molecule has 1 aliphatic heterocycles. The van der Waals surface area contributed by atoms with Crippen LogP contribution in [0.1, 0.15) is 40.0 Å². The quantitative estimate of drug-likeness (QED) is 0.438. The third kappa shape index (κ3) is 4.78. The molecular formula is C25H23F6N3O2. The molecule has 11 heteroatoms. The Hall–Kier alpha value is -3.50. The topological polar surface area (TPSA) is 45.6 Å². The van der Waals surface area contributed by atoms with Gasteiger partial charge in [0.2, 0.25) is 0 Å². The maximum atomic E-state index is 13.6. The number of nitrogens with zero attached hydrogens (tertiary/aromatic N) is 3. The lowest BCUT2D eigenvalue weighted by Crippen LogP contribution is -2.35. The molecule has 3 aromatic rings. The first-order chi connectivity index (χ1) is 16.8. The third-order valence-electron chi connectivity index (χ3n) is 6.32. The fourth-order valence-electron chi connectivity index (χ4n) is 4.59. The van der Waals surface area contributed by atoms with Crippen LogP contribution in [0.25, 0.3) is 10.8 Å². The van der Waals surface area contributed by atoms with Gasteiger partial charge in [0, 0.05) is 44.5 Å². The first-order valence-corrected chi connectivity index (χ1v) is 11.2. The Morgan fingerprint density at radius 1 is 0.917 bits per heavy atom. The number of amides is 1. The van der Waals surface area contributed by atoms with Gasteiger partial charge in [-0.05, 0) is 42.7 Å². The van der Waals surface area contributed by atoms with E-state index in [1.807, 2.05) is 4.90 Å². The Bertz CT molecular complexity index is 1340. The van der Waals surface area contributed by atoms with Gasteiger partial charge in [0.1, 0.15) is 5.69 Å². The number of carbonyl (C=O) groups is 1. The van der Waals surface area contributed by atoms with Crippen molar-refractivity contribution in [3.8, 4) is 0 Å². The summed E-state index contributed by atoms with van der Waals surface area (Å²) in [6.45, 7) is 0.774. The van der Waals surface area contributed by atoms with Crippen molar-refractivity contribution in [2.75, 3.05) is 25.0 Å². The summed E-state index contributed by atoms with van der Waals surface area (Å²) in [5.74, 6) is -0.687. The molecule has 0 N–H and O–H groups in total. The molecule has 5 nitrogen and oxygen atoms in total. The van der Waals surface area contributed by atoms with Crippen molar-refractivity contribution in [3.63, 3.8) is 0 Å². The van der Waals surface area contributed by atoms with Gasteiger partial charge in [-0.2, -0.15) is 26.3 Å². The number of alkyl halides is 6. The molecule has 1 amide bonds. The van der Waals surface area contributed by atoms with Gasteiger partial charge in [-0.15, -0.1) is 0 Å². The van der Waals surface area contributed by atoms with Gasteiger partial charge in [0.25, 0.3) is 11.5 Å². The predicted octanol–water partition coefficient (Wildman–Crippen LogP) is 5.45. The van der Waals surface area contributed by atoms with E-state index in [0.29, 0.717) is 41.7 Å². The zero-order valence-corrected chi connectivity index (χ0v) is 19.5. The van der Waals surface area contributed by atoms with Crippen LogP contribution < -0.4 is 10.5 Å². The van der Waals surface area contributed by atoms with Gasteiger partial charge in [0.05, 0.1) is 16.8 Å². The summed E-state index contributed by atoms with van der Waals surface area (Å²) < 4.78 is 80.9. The van der Waals surface area contributed by atoms with Crippen molar-refractivity contribution in [1.29, 1.82) is 0 Å². The SMILES string of the molecule is CN(Cc1cc(C(F)(F)F)cc(C(F)(F)F)c1)C(=O)c1c(N2CCCC2)c2ccccc2c(=O)n1C. The molecule has 0 atom stereocenters. The molecule has 1 aromatic heterocycles. The number of carbonyl (C=O) groups excluding carboxylic acids is 1. The van der Waals surface area contributed by atoms with E-state index in [4.69, 9.17) is 0 Å². The van der Waals surface area contributed by atoms with Crippen LogP contribution in [0.5, 0.6) is 0 Å². The van der Waals surface area contributed by atoms with Crippen molar-refractivity contribution in [1.82, 2.24) is 9.47 Å². The average molecular weight is 511 g/mol. The number of anilines is 1. The molecule has 0 spiro atoms. The van der Waals surface area contributed by atoms with E-state index in [-0.39, 0.29) is 17.3 Å². The van der Waals surface area contributed by atoms with Gasteiger partial charge in [-0.25, -0.2) is 0 Å². The Balaban J connectivity index is 1.80. The van der Waals surface area contributed by atoms with Crippen LogP contribution in [0.4, 0.5) is 32.0 Å². The van der Waals surface area contributed by atoms with E-state index in [1.165, 1.54) is 18.7 Å². The summed E-state index contributed by atoms with van der Waals surface area (Å²) in [5, 5.41) is 0.978. The highest BCUT2D eigenvalue weighted by Gasteiger charge is 2.37. The summed E-state index contributed by atoms with van der Waals surface area (Å²) in [5.41, 5.74) is -3.11. The highest BCUT2D eigenvalue weighted by molar-refractivity contribution is 6.07. The predicted molar refractivity (Wildman–Crippen MR) is 123 cm³/mol. The van der Waals surface area contributed by atoms with Crippen molar-refractivity contribution in [2.45, 2.75) is 31.7 Å². The lowest BCUT2D eigenvalue weighted by Gasteiger charge is -2.27. The molecule has 2 heterocycles. The molecular weight excluding hydrogens is 488 g/mol. The molecule has 192 valence electrons. The van der Waals surface area contributed by atoms with Crippen molar-refractivity contribution in [3.05, 3.63) is 75.2 Å². The van der Waals surface area contributed by atoms with Gasteiger partial charge in [0.15, 0.2) is 0 Å². The normalized spacial score (nSPS) is 14.5. The van der Waals surface area contributed by atoms with E-state index in [9.17, 15) is 35.9 Å². The fraction of sp³-hybridized carbons (Fsp3) is 0.360. The van der Waals surface area contributed by atoms with Crippen molar-refractivity contribution < 1.29 is 31.1 Å². The van der Waals surface area contributed by atoms with Crippen LogP contribution in [0.15, 0.2) is 47.3 Å². The molecule has 1 fully saturated rings. The molecule has 1 aliphatic rings. The molecule has 0 aliphatic carbocycles. The average Bonchev–Trinajstić information content (AvgIpc) is 3.34. The maximum Gasteiger partial charge on any atom is 0.416 e. The number of halogens is 6. The summed E-state index contributed by atoms with van der Waals surface area (Å²) >= 11 is 0. The van der Waals surface area contributed by atoms with E-state index in [2.05, 4.69) is 0 Å². The standard InChI is InChI=1S/C25H23F6N3O2/c1-32(14-15-11-16(24(26,27)28)13-17(12-15)25(29,30)31)23(36)21-20(34-9-5-6-10-34)18-7-3-4-8-19(18)22(35)33(21)2/h3-4,7-8,11-13H,5-6,9-10,14H2,1-2H3. The van der Waals surface area contributed by atoms with Gasteiger partial charge in [-0.1, -0.05) is 18.2 Å². The van der Waals surface area contributed by atoms with Crippen LogP contribution in [0, 0.1) is 0 Å². The second-order valence-corrected chi connectivity index (χ2v) is 8.88. The van der Waals surface area contributed by atoms with Crippen LogP contribution in [0.3, 0.4) is 0 Å². The number of aromatic nitrogens is 1. The lowest BCUT2D eigenvalue weighted by atomic mass is 10.0. The van der Waals surface area contributed by atoms with Gasteiger partial charge < -0.3 is 14.4 Å². The second kappa shape index (κ2) is 9.18. The van der Waals surface area contributed by atoms with Crippen LogP contribution in [0.2, 0.25) is 0 Å². The van der Waals surface area contributed by atoms with Crippen LogP contribution >= 0.6 is 0 Å². The van der Waals surface area contributed by atoms with Gasteiger partial charge >= 0.3 is 12.4 Å². The summed E-state index contributed by atoms with van der Waals surface area (Å²) in [6.07, 6.45) is -8.23. The third-order valence-corrected chi connectivity index (χ3v) is 6.32. The monoisotopic (exact) mass is 511 g/mol. The highest BCUT2D eigenvalue weighted by Crippen LogP contribution is 2.37. The molecule has 0 bridgehead atoms. The molecule has 0 radical (unpaired) electrons. The Labute approximate surface area is 202 Å². The summed E-state index contributed by atoms with van der Waals surface area (Å²) in [6, 6.07) is 8.06. The smallest absolute Gasteiger partial charge is 0.369 e. The molecule has 36 heavy (non-hydrogen) atoms. The Morgan fingerprint density at radius 3 is 1.97 bits per heavy atom. The molecule has 2 aromatic carbocycles. The number of hydrogen-bond acceptors (Lipinski definition) is 3. The van der Waals surface area contributed by atoms with E-state index >= 15 is 0 Å². The number of rotatable bonds is 4. The Morgan fingerprint density at radius 2 is 1.44 bits per heavy atom. The largest absolute Gasteiger partial charge is 0.416 e. The maximum absolute atomic E-state index is 13.6. The number of hydrogen-bond donors (Lipinski definition) is 0. The fourth-order valence-corrected chi connectivity index (χ4v) is 4.59. The van der Waals surface area contributed by atoms with Crippen LogP contribution in [-0.2, 0) is 25.9 Å². The molecule has 0 saturated carbocycles. The summed E-state index contributed by atoms with van der Waals surface area (Å²) in [4.78, 5) is 29.6. The minimum atomic E-state index is -5.00. The molecule has 1 saturated heterocycles. The first-order valence-electron chi connectivity index (χ1n) is 11.2. The van der Waals surface area contributed by atoms with Gasteiger partial charge in [-0.3, -0.25) is 9.59 Å². The van der Waals surface area contributed by atoms with Crippen molar-refractivity contribution >= 4 is 22.4 Å². The van der Waals surface area contributed by atoms with Crippen LogP contribution in [-0.4, -0.2) is 35.5 Å². The summed E-state index contributed by atoms with van der Waals surface area (Å²) in [7, 11) is 2.71. The van der Waals surface area contributed by atoms with E-state index in [0.717, 1.165) is 17.7 Å². The highest BCUT2D eigenvalue weighted by atomic mass is 19.4. The zero-order valence-electron chi connectivity index (χ0n) is 19.5. The minimum Gasteiger partial charge on any atom is -0.369 e. The number of fused-ring (bicyclic) bond motifs is 1. The molecule has 0 unspecified atom stereocenters. The second-order valence-electron chi connectivity index (χ2n) is 8.88. The van der Waals surface area contributed by atoms with Crippen molar-refractivity contribution in [2.24, 2.45) is 7.05 Å². The van der Waals surface area contributed by atoms with E-state index < -0.39 is 41.5 Å². The lowest BCUT2D eigenvalue weighted by molar-refractivity contribution is -0.143. The number of benzene rings is 2.